The Hall–Kier alpha value is -1.92. The minimum absolute atomic E-state index is 0.360. The Labute approximate surface area is 109 Å². The summed E-state index contributed by atoms with van der Waals surface area (Å²) in [6.45, 7) is -2.44. The molecule has 0 aliphatic heterocycles. The highest BCUT2D eigenvalue weighted by Crippen LogP contribution is 2.18. The fraction of sp³-hybridized carbons (Fsp3) is 0.250. The van der Waals surface area contributed by atoms with Gasteiger partial charge in [0.25, 0.3) is 0 Å². The van der Waals surface area contributed by atoms with Crippen molar-refractivity contribution in [2.45, 2.75) is 13.5 Å². The van der Waals surface area contributed by atoms with Crippen LogP contribution in [0.2, 0.25) is 0 Å². The molecule has 2 rings (SSSR count). The van der Waals surface area contributed by atoms with E-state index in [9.17, 15) is 12.9 Å². The molecule has 19 heavy (non-hydrogen) atoms. The molecule has 102 valence electrons. The maximum absolute atomic E-state index is 12.5. The van der Waals surface area contributed by atoms with Gasteiger partial charge in [-0.15, -0.1) is 5.46 Å². The second-order valence-corrected chi connectivity index (χ2v) is 4.22. The fourth-order valence-electron chi connectivity index (χ4n) is 1.72. The molecule has 1 aromatic heterocycles. The standard InChI is InChI=1S/C12H13BF3N2O/c1-10-9-11(13(14,15)16)3-4-12(10)19-8-7-18-6-2-5-17-18/h2-6,9H,7-8H2,1H3/q-1. The molecule has 0 spiro atoms. The first kappa shape index (κ1) is 13.5. The predicted octanol–water partition coefficient (Wildman–Crippen LogP) is 2.32. The van der Waals surface area contributed by atoms with Crippen LogP contribution in [0.5, 0.6) is 5.75 Å². The van der Waals surface area contributed by atoms with Crippen LogP contribution in [-0.2, 0) is 6.54 Å². The number of rotatable bonds is 5. The molecule has 3 nitrogen and oxygen atoms in total. The second kappa shape index (κ2) is 5.38. The number of hydrogen-bond donors (Lipinski definition) is 0. The van der Waals surface area contributed by atoms with E-state index < -0.39 is 12.4 Å². The van der Waals surface area contributed by atoms with Gasteiger partial charge in [-0.05, 0) is 24.6 Å². The molecule has 0 N–H and O–H groups in total. The highest BCUT2D eigenvalue weighted by atomic mass is 19.4. The Morgan fingerprint density at radius 1 is 1.32 bits per heavy atom. The summed E-state index contributed by atoms with van der Waals surface area (Å²) < 4.78 is 44.8. The molecular formula is C12H13BF3N2O-. The van der Waals surface area contributed by atoms with Gasteiger partial charge < -0.3 is 17.7 Å². The van der Waals surface area contributed by atoms with Gasteiger partial charge in [-0.3, -0.25) is 4.68 Å². The minimum Gasteiger partial charge on any atom is -0.491 e. The lowest BCUT2D eigenvalue weighted by Gasteiger charge is -2.17. The van der Waals surface area contributed by atoms with Crippen LogP contribution in [0.1, 0.15) is 5.56 Å². The number of benzene rings is 1. The average molecular weight is 269 g/mol. The van der Waals surface area contributed by atoms with Gasteiger partial charge >= 0.3 is 6.98 Å². The van der Waals surface area contributed by atoms with Gasteiger partial charge in [0.15, 0.2) is 0 Å². The molecule has 7 heteroatoms. The van der Waals surface area contributed by atoms with Gasteiger partial charge in [0, 0.05) is 12.4 Å². The summed E-state index contributed by atoms with van der Waals surface area (Å²) in [5, 5.41) is 4.01. The summed E-state index contributed by atoms with van der Waals surface area (Å²) in [6, 6.07) is 5.33. The first-order valence-corrected chi connectivity index (χ1v) is 5.87. The summed E-state index contributed by atoms with van der Waals surface area (Å²) in [4.78, 5) is 0. The third-order valence-corrected chi connectivity index (χ3v) is 2.71. The molecule has 0 atom stereocenters. The normalized spacial score (nSPS) is 11.6. The van der Waals surface area contributed by atoms with Gasteiger partial charge in [0.05, 0.1) is 6.54 Å². The van der Waals surface area contributed by atoms with Crippen LogP contribution in [0.25, 0.3) is 0 Å². The van der Waals surface area contributed by atoms with Crippen LogP contribution in [0, 0.1) is 6.92 Å². The summed E-state index contributed by atoms with van der Waals surface area (Å²) in [7, 11) is 0. The van der Waals surface area contributed by atoms with E-state index in [2.05, 4.69) is 5.10 Å². The van der Waals surface area contributed by atoms with Crippen LogP contribution in [0.3, 0.4) is 0 Å². The Morgan fingerprint density at radius 3 is 2.68 bits per heavy atom. The van der Waals surface area contributed by atoms with E-state index in [1.807, 2.05) is 0 Å². The van der Waals surface area contributed by atoms with Gasteiger partial charge in [-0.25, -0.2) is 0 Å². The molecule has 0 amide bonds. The molecule has 0 fully saturated rings. The molecule has 1 aromatic carbocycles. The highest BCUT2D eigenvalue weighted by molar-refractivity contribution is 6.73. The SMILES string of the molecule is Cc1cc([B-](F)(F)F)ccc1OCCn1cccn1. The summed E-state index contributed by atoms with van der Waals surface area (Å²) in [5.41, 5.74) is -0.117. The van der Waals surface area contributed by atoms with E-state index in [-0.39, 0.29) is 0 Å². The van der Waals surface area contributed by atoms with Crippen molar-refractivity contribution < 1.29 is 17.7 Å². The lowest BCUT2D eigenvalue weighted by Crippen LogP contribution is -2.34. The molecule has 0 aliphatic rings. The molecular weight excluding hydrogens is 256 g/mol. The molecule has 0 bridgehead atoms. The predicted molar refractivity (Wildman–Crippen MR) is 67.6 cm³/mol. The van der Waals surface area contributed by atoms with Gasteiger partial charge in [-0.2, -0.15) is 5.10 Å². The van der Waals surface area contributed by atoms with Crippen molar-refractivity contribution in [1.29, 1.82) is 0 Å². The van der Waals surface area contributed by atoms with Crippen LogP contribution in [0.4, 0.5) is 12.9 Å². The van der Waals surface area contributed by atoms with Crippen LogP contribution in [-0.4, -0.2) is 23.4 Å². The van der Waals surface area contributed by atoms with Crippen molar-refractivity contribution in [2.24, 2.45) is 0 Å². The first-order valence-electron chi connectivity index (χ1n) is 5.87. The van der Waals surface area contributed by atoms with E-state index in [1.54, 1.807) is 30.1 Å². The topological polar surface area (TPSA) is 27.1 Å². The smallest absolute Gasteiger partial charge is 0.491 e. The highest BCUT2D eigenvalue weighted by Gasteiger charge is 2.25. The van der Waals surface area contributed by atoms with E-state index in [4.69, 9.17) is 4.74 Å². The van der Waals surface area contributed by atoms with Gasteiger partial charge in [0.2, 0.25) is 0 Å². The summed E-state index contributed by atoms with van der Waals surface area (Å²) in [5.74, 6) is 0.468. The Balaban J connectivity index is 1.97. The van der Waals surface area contributed by atoms with Crippen LogP contribution < -0.4 is 10.2 Å². The number of aromatic nitrogens is 2. The number of halogens is 3. The number of aryl methyl sites for hydroxylation is 1. The fourth-order valence-corrected chi connectivity index (χ4v) is 1.72. The van der Waals surface area contributed by atoms with Crippen molar-refractivity contribution >= 4 is 12.4 Å². The zero-order valence-electron chi connectivity index (χ0n) is 10.4. The number of hydrogen-bond acceptors (Lipinski definition) is 2. The first-order chi connectivity index (χ1) is 8.97. The molecule has 0 aliphatic carbocycles. The Kier molecular flexibility index (Phi) is 3.83. The monoisotopic (exact) mass is 269 g/mol. The maximum atomic E-state index is 12.5. The maximum Gasteiger partial charge on any atom is 0.509 e. The van der Waals surface area contributed by atoms with E-state index in [0.717, 1.165) is 12.1 Å². The number of nitrogens with zero attached hydrogens (tertiary/aromatic N) is 2. The third-order valence-electron chi connectivity index (χ3n) is 2.71. The van der Waals surface area contributed by atoms with Crippen molar-refractivity contribution in [3.8, 4) is 5.75 Å². The summed E-state index contributed by atoms with van der Waals surface area (Å²) >= 11 is 0. The quantitative estimate of drug-likeness (QED) is 0.779. The zero-order chi connectivity index (χ0) is 13.9. The molecule has 0 saturated carbocycles. The van der Waals surface area contributed by atoms with E-state index >= 15 is 0 Å². The molecule has 0 unspecified atom stereocenters. The van der Waals surface area contributed by atoms with Crippen molar-refractivity contribution in [1.82, 2.24) is 9.78 Å². The third kappa shape index (κ3) is 3.53. The van der Waals surface area contributed by atoms with Crippen LogP contribution >= 0.6 is 0 Å². The largest absolute Gasteiger partial charge is 0.509 e. The lowest BCUT2D eigenvalue weighted by atomic mass is 9.79. The number of ether oxygens (including phenoxy) is 1. The van der Waals surface area contributed by atoms with E-state index in [0.29, 0.717) is 24.5 Å². The Morgan fingerprint density at radius 2 is 2.11 bits per heavy atom. The lowest BCUT2D eigenvalue weighted by molar-refractivity contribution is 0.289. The average Bonchev–Trinajstić information content (AvgIpc) is 2.83. The van der Waals surface area contributed by atoms with Crippen molar-refractivity contribution in [3.63, 3.8) is 0 Å². The molecule has 0 radical (unpaired) electrons. The van der Waals surface area contributed by atoms with Crippen LogP contribution in [0.15, 0.2) is 36.7 Å². The summed E-state index contributed by atoms with van der Waals surface area (Å²) in [6.07, 6.45) is 3.46. The van der Waals surface area contributed by atoms with Crippen molar-refractivity contribution in [2.75, 3.05) is 6.61 Å². The second-order valence-electron chi connectivity index (χ2n) is 4.22. The minimum atomic E-state index is -4.96. The van der Waals surface area contributed by atoms with E-state index in [1.165, 1.54) is 6.07 Å². The molecule has 0 saturated heterocycles. The van der Waals surface area contributed by atoms with Crippen molar-refractivity contribution in [3.05, 3.63) is 42.2 Å². The van der Waals surface area contributed by atoms with Gasteiger partial charge in [0.1, 0.15) is 12.4 Å². The Bertz CT molecular complexity index is 540. The van der Waals surface area contributed by atoms with Gasteiger partial charge in [-0.1, -0.05) is 12.1 Å². The molecule has 1 heterocycles. The molecule has 2 aromatic rings. The zero-order valence-corrected chi connectivity index (χ0v) is 10.4.